The maximum Gasteiger partial charge on any atom is 0.122 e. The summed E-state index contributed by atoms with van der Waals surface area (Å²) in [5.74, 6) is 0.838. The van der Waals surface area contributed by atoms with Gasteiger partial charge in [-0.25, -0.2) is 0 Å². The maximum atomic E-state index is 10.3. The van der Waals surface area contributed by atoms with E-state index < -0.39 is 6.10 Å². The lowest BCUT2D eigenvalue weighted by molar-refractivity contribution is -0.0458. The van der Waals surface area contributed by atoms with Gasteiger partial charge in [-0.1, -0.05) is 18.2 Å². The molecule has 0 saturated carbocycles. The highest BCUT2D eigenvalue weighted by Gasteiger charge is 2.24. The number of ether oxygens (including phenoxy) is 2. The van der Waals surface area contributed by atoms with Crippen LogP contribution in [0.25, 0.3) is 0 Å². The summed E-state index contributed by atoms with van der Waals surface area (Å²) in [6, 6.07) is 9.98. The second kappa shape index (κ2) is 7.93. The average molecular weight is 333 g/mol. The van der Waals surface area contributed by atoms with Crippen LogP contribution >= 0.6 is 11.3 Å². The van der Waals surface area contributed by atoms with Gasteiger partial charge in [0.05, 0.1) is 12.7 Å². The molecule has 0 bridgehead atoms. The largest absolute Gasteiger partial charge is 0.491 e. The zero-order chi connectivity index (χ0) is 16.1. The van der Waals surface area contributed by atoms with Crippen LogP contribution in [0.15, 0.2) is 41.1 Å². The van der Waals surface area contributed by atoms with E-state index in [-0.39, 0.29) is 6.10 Å². The van der Waals surface area contributed by atoms with Crippen LogP contribution in [0.3, 0.4) is 0 Å². The van der Waals surface area contributed by atoms with E-state index in [1.807, 2.05) is 31.2 Å². The van der Waals surface area contributed by atoms with E-state index in [1.54, 1.807) is 11.3 Å². The van der Waals surface area contributed by atoms with Gasteiger partial charge in [0, 0.05) is 19.6 Å². The number of para-hydroxylation sites is 1. The molecule has 4 nitrogen and oxygen atoms in total. The number of β-amino-alcohol motifs (C(OH)–C–C–N with tert-alkyl or cyclic N) is 1. The predicted molar refractivity (Wildman–Crippen MR) is 92.1 cm³/mol. The number of nitrogens with zero attached hydrogens (tertiary/aromatic N) is 1. The molecular formula is C18H23NO3S. The van der Waals surface area contributed by atoms with Gasteiger partial charge in [-0.2, -0.15) is 11.3 Å². The molecule has 1 aromatic heterocycles. The minimum atomic E-state index is -0.504. The van der Waals surface area contributed by atoms with Crippen LogP contribution < -0.4 is 4.74 Å². The summed E-state index contributed by atoms with van der Waals surface area (Å²) in [5, 5.41) is 14.5. The molecule has 2 heterocycles. The number of hydrogen-bond acceptors (Lipinski definition) is 5. The number of rotatable bonds is 6. The Morgan fingerprint density at radius 2 is 2.26 bits per heavy atom. The molecule has 5 heteroatoms. The molecule has 1 aliphatic heterocycles. The van der Waals surface area contributed by atoms with E-state index in [0.717, 1.165) is 24.4 Å². The maximum absolute atomic E-state index is 10.3. The number of aliphatic hydroxyl groups is 1. The van der Waals surface area contributed by atoms with Crippen molar-refractivity contribution in [1.82, 2.24) is 4.90 Å². The van der Waals surface area contributed by atoms with Crippen molar-refractivity contribution < 1.29 is 14.6 Å². The Morgan fingerprint density at radius 3 is 3.04 bits per heavy atom. The highest BCUT2D eigenvalue weighted by atomic mass is 32.1. The Kier molecular flexibility index (Phi) is 5.67. The topological polar surface area (TPSA) is 41.9 Å². The lowest BCUT2D eigenvalue weighted by atomic mass is 10.1. The fraction of sp³-hybridized carbons (Fsp3) is 0.444. The Bertz CT molecular complexity index is 602. The van der Waals surface area contributed by atoms with Crippen LogP contribution in [0.2, 0.25) is 0 Å². The minimum Gasteiger partial charge on any atom is -0.491 e. The van der Waals surface area contributed by atoms with Crippen LogP contribution in [-0.2, 0) is 4.74 Å². The smallest absolute Gasteiger partial charge is 0.122 e. The second-order valence-corrected chi connectivity index (χ2v) is 6.69. The van der Waals surface area contributed by atoms with E-state index in [2.05, 4.69) is 21.7 Å². The van der Waals surface area contributed by atoms with Gasteiger partial charge in [0.2, 0.25) is 0 Å². The lowest BCUT2D eigenvalue weighted by Gasteiger charge is -2.33. The Morgan fingerprint density at radius 1 is 1.39 bits per heavy atom. The predicted octanol–water partition coefficient (Wildman–Crippen LogP) is 2.87. The number of benzene rings is 1. The van der Waals surface area contributed by atoms with E-state index in [1.165, 1.54) is 5.56 Å². The van der Waals surface area contributed by atoms with Crippen LogP contribution in [0.4, 0.5) is 0 Å². The first-order chi connectivity index (χ1) is 11.2. The first kappa shape index (κ1) is 16.5. The van der Waals surface area contributed by atoms with Crippen molar-refractivity contribution in [3.63, 3.8) is 0 Å². The minimum absolute atomic E-state index is 0.111. The molecule has 23 heavy (non-hydrogen) atoms. The fourth-order valence-corrected chi connectivity index (χ4v) is 3.49. The Balaban J connectivity index is 1.47. The molecule has 1 aliphatic rings. The molecule has 0 aliphatic carbocycles. The third-order valence-corrected chi connectivity index (χ3v) is 4.76. The highest BCUT2D eigenvalue weighted by molar-refractivity contribution is 7.07. The van der Waals surface area contributed by atoms with Gasteiger partial charge in [0.25, 0.3) is 0 Å². The summed E-state index contributed by atoms with van der Waals surface area (Å²) in [6.07, 6.45) is -0.393. The Labute approximate surface area is 141 Å². The van der Waals surface area contributed by atoms with Crippen molar-refractivity contribution in [2.45, 2.75) is 19.1 Å². The van der Waals surface area contributed by atoms with Gasteiger partial charge < -0.3 is 14.6 Å². The molecule has 124 valence electrons. The van der Waals surface area contributed by atoms with Crippen LogP contribution in [-0.4, -0.2) is 49.0 Å². The zero-order valence-electron chi connectivity index (χ0n) is 13.4. The number of aliphatic hydroxyl groups excluding tert-OH is 1. The molecule has 0 radical (unpaired) electrons. The molecule has 1 N–H and O–H groups in total. The summed E-state index contributed by atoms with van der Waals surface area (Å²) in [7, 11) is 0. The quantitative estimate of drug-likeness (QED) is 0.883. The molecule has 1 fully saturated rings. The highest BCUT2D eigenvalue weighted by Crippen LogP contribution is 2.24. The normalized spacial score (nSPS) is 20.3. The van der Waals surface area contributed by atoms with E-state index in [0.29, 0.717) is 19.8 Å². The van der Waals surface area contributed by atoms with Crippen molar-refractivity contribution in [3.05, 3.63) is 52.2 Å². The number of thiophene rings is 1. The second-order valence-electron chi connectivity index (χ2n) is 5.91. The van der Waals surface area contributed by atoms with Gasteiger partial charge in [-0.05, 0) is 40.9 Å². The van der Waals surface area contributed by atoms with Crippen molar-refractivity contribution in [1.29, 1.82) is 0 Å². The van der Waals surface area contributed by atoms with Gasteiger partial charge in [-0.15, -0.1) is 0 Å². The van der Waals surface area contributed by atoms with Crippen molar-refractivity contribution >= 4 is 11.3 Å². The Hall–Kier alpha value is -1.40. The third kappa shape index (κ3) is 4.54. The first-order valence-electron chi connectivity index (χ1n) is 7.95. The third-order valence-electron chi connectivity index (χ3n) is 4.06. The number of morpholine rings is 1. The standard InChI is InChI=1S/C18H23NO3S/c1-14-4-2-3-5-17(14)22-12-16(20)10-19-7-8-21-18(11-19)15-6-9-23-13-15/h2-6,9,13,16,18,20H,7-8,10-12H2,1H3. The molecule has 2 aromatic rings. The lowest BCUT2D eigenvalue weighted by Crippen LogP contribution is -2.43. The fourth-order valence-electron chi connectivity index (χ4n) is 2.78. The summed E-state index contributed by atoms with van der Waals surface area (Å²) in [4.78, 5) is 2.25. The van der Waals surface area contributed by atoms with Crippen LogP contribution in [0, 0.1) is 6.92 Å². The SMILES string of the molecule is Cc1ccccc1OCC(O)CN1CCOC(c2ccsc2)C1. The molecule has 3 rings (SSSR count). The van der Waals surface area contributed by atoms with Gasteiger partial charge in [-0.3, -0.25) is 4.90 Å². The van der Waals surface area contributed by atoms with E-state index in [9.17, 15) is 5.11 Å². The monoisotopic (exact) mass is 333 g/mol. The summed E-state index contributed by atoms with van der Waals surface area (Å²) < 4.78 is 11.6. The molecule has 1 saturated heterocycles. The summed E-state index contributed by atoms with van der Waals surface area (Å²) in [5.41, 5.74) is 2.31. The van der Waals surface area contributed by atoms with Gasteiger partial charge in [0.1, 0.15) is 18.5 Å². The van der Waals surface area contributed by atoms with E-state index >= 15 is 0 Å². The summed E-state index contributed by atoms with van der Waals surface area (Å²) in [6.45, 7) is 5.29. The van der Waals surface area contributed by atoms with Crippen molar-refractivity contribution in [2.75, 3.05) is 32.8 Å². The molecule has 1 aromatic carbocycles. The first-order valence-corrected chi connectivity index (χ1v) is 8.89. The zero-order valence-corrected chi connectivity index (χ0v) is 14.2. The number of hydrogen-bond donors (Lipinski definition) is 1. The number of aryl methyl sites for hydroxylation is 1. The molecule has 0 spiro atoms. The molecule has 2 unspecified atom stereocenters. The van der Waals surface area contributed by atoms with Crippen molar-refractivity contribution in [3.8, 4) is 5.75 Å². The van der Waals surface area contributed by atoms with Crippen LogP contribution in [0.5, 0.6) is 5.75 Å². The van der Waals surface area contributed by atoms with Gasteiger partial charge >= 0.3 is 0 Å². The van der Waals surface area contributed by atoms with E-state index in [4.69, 9.17) is 9.47 Å². The van der Waals surface area contributed by atoms with Crippen LogP contribution in [0.1, 0.15) is 17.2 Å². The molecule has 2 atom stereocenters. The van der Waals surface area contributed by atoms with Gasteiger partial charge in [0.15, 0.2) is 0 Å². The molecular weight excluding hydrogens is 310 g/mol. The molecule has 0 amide bonds. The average Bonchev–Trinajstić information content (AvgIpc) is 3.09. The summed E-state index contributed by atoms with van der Waals surface area (Å²) >= 11 is 1.69. The van der Waals surface area contributed by atoms with Crippen molar-refractivity contribution in [2.24, 2.45) is 0 Å².